The predicted molar refractivity (Wildman–Crippen MR) is 80.2 cm³/mol. The predicted octanol–water partition coefficient (Wildman–Crippen LogP) is 1.97. The van der Waals surface area contributed by atoms with Crippen LogP contribution < -0.4 is 5.32 Å². The van der Waals surface area contributed by atoms with Crippen molar-refractivity contribution in [3.63, 3.8) is 0 Å². The zero-order valence-electron chi connectivity index (χ0n) is 11.8. The van der Waals surface area contributed by atoms with E-state index in [1.54, 1.807) is 0 Å². The Morgan fingerprint density at radius 1 is 1.29 bits per heavy atom. The zero-order chi connectivity index (χ0) is 14.8. The second kappa shape index (κ2) is 5.87. The molecule has 1 aromatic carbocycles. The van der Waals surface area contributed by atoms with Gasteiger partial charge in [-0.3, -0.25) is 10.1 Å². The Bertz CT molecular complexity index is 650. The highest BCUT2D eigenvalue weighted by atomic mass is 16.4. The summed E-state index contributed by atoms with van der Waals surface area (Å²) in [5.41, 5.74) is 3.28. The molecule has 0 spiro atoms. The van der Waals surface area contributed by atoms with Crippen molar-refractivity contribution in [3.05, 3.63) is 35.5 Å². The average Bonchev–Trinajstić information content (AvgIpc) is 2.86. The number of aromatic nitrogens is 1. The second-order valence-corrected chi connectivity index (χ2v) is 5.60. The smallest absolute Gasteiger partial charge is 0.321 e. The van der Waals surface area contributed by atoms with Gasteiger partial charge in [-0.25, -0.2) is 0 Å². The second-order valence-electron chi connectivity index (χ2n) is 5.60. The lowest BCUT2D eigenvalue weighted by Gasteiger charge is -2.29. The Balaban J connectivity index is 1.96. The molecule has 21 heavy (non-hydrogen) atoms. The molecule has 0 aliphatic carbocycles. The molecule has 2 atom stereocenters. The van der Waals surface area contributed by atoms with Crippen LogP contribution in [0.3, 0.4) is 0 Å². The van der Waals surface area contributed by atoms with Crippen molar-refractivity contribution in [1.29, 1.82) is 0 Å². The van der Waals surface area contributed by atoms with Crippen LogP contribution in [-0.4, -0.2) is 33.8 Å². The van der Waals surface area contributed by atoms with Gasteiger partial charge in [-0.05, 0) is 30.9 Å². The molecule has 0 amide bonds. The highest BCUT2D eigenvalue weighted by molar-refractivity contribution is 5.86. The summed E-state index contributed by atoms with van der Waals surface area (Å²) in [6.45, 7) is 0.175. The molecule has 1 aromatic heterocycles. The number of rotatable bonds is 5. The van der Waals surface area contributed by atoms with Gasteiger partial charge in [0.15, 0.2) is 0 Å². The van der Waals surface area contributed by atoms with Crippen LogP contribution in [0, 0.1) is 0 Å². The van der Waals surface area contributed by atoms with Gasteiger partial charge in [0, 0.05) is 35.7 Å². The number of hydrogen-bond acceptors (Lipinski definition) is 3. The quantitative estimate of drug-likeness (QED) is 0.634. The van der Waals surface area contributed by atoms with Crippen molar-refractivity contribution in [2.75, 3.05) is 6.61 Å². The summed E-state index contributed by atoms with van der Waals surface area (Å²) in [4.78, 5) is 14.8. The van der Waals surface area contributed by atoms with E-state index in [0.717, 1.165) is 41.4 Å². The monoisotopic (exact) mass is 288 g/mol. The molecule has 1 aliphatic heterocycles. The van der Waals surface area contributed by atoms with Gasteiger partial charge < -0.3 is 15.2 Å². The Kier molecular flexibility index (Phi) is 3.94. The minimum absolute atomic E-state index is 0.00815. The third-order valence-electron chi connectivity index (χ3n) is 4.20. The topological polar surface area (TPSA) is 85.3 Å². The normalized spacial score (nSPS) is 21.4. The van der Waals surface area contributed by atoms with Gasteiger partial charge in [-0.1, -0.05) is 18.2 Å². The maximum atomic E-state index is 11.4. The van der Waals surface area contributed by atoms with E-state index in [0.29, 0.717) is 6.42 Å². The molecule has 0 radical (unpaired) electrons. The van der Waals surface area contributed by atoms with E-state index in [4.69, 9.17) is 5.11 Å². The first-order chi connectivity index (χ1) is 10.2. The number of unbranched alkanes of at least 4 members (excludes halogenated alkanes) is 1. The number of H-pyrrole nitrogens is 1. The molecule has 1 aliphatic rings. The molecule has 5 heteroatoms. The van der Waals surface area contributed by atoms with E-state index in [-0.39, 0.29) is 12.6 Å². The SMILES string of the molecule is O=C(O)[C@@H]1Cc2c([nH]c3ccccc23)[C@H](CCCCO)N1. The average molecular weight is 288 g/mol. The zero-order valence-corrected chi connectivity index (χ0v) is 11.8. The lowest BCUT2D eigenvalue weighted by molar-refractivity contribution is -0.139. The highest BCUT2D eigenvalue weighted by Gasteiger charge is 2.32. The number of para-hydroxylation sites is 1. The molecule has 0 saturated heterocycles. The van der Waals surface area contributed by atoms with Crippen LogP contribution in [0.15, 0.2) is 24.3 Å². The molecular formula is C16H20N2O3. The van der Waals surface area contributed by atoms with E-state index < -0.39 is 12.0 Å². The molecule has 112 valence electrons. The summed E-state index contributed by atoms with van der Waals surface area (Å²) in [5, 5.41) is 22.6. The number of nitrogens with one attached hydrogen (secondary N) is 2. The molecule has 4 N–H and O–H groups in total. The van der Waals surface area contributed by atoms with Gasteiger partial charge in [0.1, 0.15) is 6.04 Å². The van der Waals surface area contributed by atoms with Gasteiger partial charge >= 0.3 is 5.97 Å². The summed E-state index contributed by atoms with van der Waals surface area (Å²) in [5.74, 6) is -0.807. The van der Waals surface area contributed by atoms with E-state index in [1.165, 1.54) is 0 Å². The van der Waals surface area contributed by atoms with Crippen LogP contribution in [0.4, 0.5) is 0 Å². The minimum atomic E-state index is -0.807. The third kappa shape index (κ3) is 2.66. The van der Waals surface area contributed by atoms with Crippen LogP contribution in [0.5, 0.6) is 0 Å². The Labute approximate surface area is 123 Å². The summed E-state index contributed by atoms with van der Waals surface area (Å²) >= 11 is 0. The van der Waals surface area contributed by atoms with Crippen molar-refractivity contribution >= 4 is 16.9 Å². The molecule has 0 saturated carbocycles. The lowest BCUT2D eigenvalue weighted by Crippen LogP contribution is -2.44. The Hall–Kier alpha value is -1.85. The first-order valence-electron chi connectivity index (χ1n) is 7.40. The number of aliphatic carboxylic acids is 1. The first-order valence-corrected chi connectivity index (χ1v) is 7.40. The largest absolute Gasteiger partial charge is 0.480 e. The fourth-order valence-electron chi connectivity index (χ4n) is 3.17. The number of fused-ring (bicyclic) bond motifs is 3. The Morgan fingerprint density at radius 2 is 2.10 bits per heavy atom. The number of carboxylic acid groups (broad SMARTS) is 1. The molecule has 0 bridgehead atoms. The van der Waals surface area contributed by atoms with E-state index in [9.17, 15) is 9.90 Å². The molecule has 3 rings (SSSR count). The number of carbonyl (C=O) groups is 1. The van der Waals surface area contributed by atoms with Crippen molar-refractivity contribution in [2.24, 2.45) is 0 Å². The van der Waals surface area contributed by atoms with Crippen molar-refractivity contribution in [1.82, 2.24) is 10.3 Å². The van der Waals surface area contributed by atoms with Crippen LogP contribution in [0.25, 0.3) is 10.9 Å². The summed E-state index contributed by atoms with van der Waals surface area (Å²) in [6.07, 6.45) is 2.94. The van der Waals surface area contributed by atoms with Crippen LogP contribution in [0.2, 0.25) is 0 Å². The Morgan fingerprint density at radius 3 is 2.86 bits per heavy atom. The number of benzene rings is 1. The van der Waals surface area contributed by atoms with Crippen LogP contribution in [0.1, 0.15) is 36.6 Å². The van der Waals surface area contributed by atoms with Crippen molar-refractivity contribution in [3.8, 4) is 0 Å². The molecule has 2 aromatic rings. The summed E-state index contributed by atoms with van der Waals surface area (Å²) in [6, 6.07) is 7.49. The van der Waals surface area contributed by atoms with Gasteiger partial charge in [0.2, 0.25) is 0 Å². The molecular weight excluding hydrogens is 268 g/mol. The van der Waals surface area contributed by atoms with Crippen LogP contribution >= 0.6 is 0 Å². The van der Waals surface area contributed by atoms with Gasteiger partial charge in [0.05, 0.1) is 0 Å². The molecule has 5 nitrogen and oxygen atoms in total. The van der Waals surface area contributed by atoms with E-state index in [1.807, 2.05) is 24.3 Å². The maximum absolute atomic E-state index is 11.4. The highest BCUT2D eigenvalue weighted by Crippen LogP contribution is 2.34. The van der Waals surface area contributed by atoms with Crippen molar-refractivity contribution < 1.29 is 15.0 Å². The summed E-state index contributed by atoms with van der Waals surface area (Å²) in [7, 11) is 0. The fourth-order valence-corrected chi connectivity index (χ4v) is 3.17. The van der Waals surface area contributed by atoms with E-state index in [2.05, 4.69) is 10.3 Å². The summed E-state index contributed by atoms with van der Waals surface area (Å²) < 4.78 is 0. The molecule has 0 unspecified atom stereocenters. The minimum Gasteiger partial charge on any atom is -0.480 e. The van der Waals surface area contributed by atoms with Crippen LogP contribution in [-0.2, 0) is 11.2 Å². The number of carboxylic acids is 1. The van der Waals surface area contributed by atoms with E-state index >= 15 is 0 Å². The standard InChI is InChI=1S/C16H20N2O3/c19-8-4-3-7-13-15-11(9-14(17-13)16(20)21)10-5-1-2-6-12(10)18-15/h1-2,5-6,13-14,17-19H,3-4,7-9H2,(H,20,21)/t13-,14-/m0/s1. The van der Waals surface area contributed by atoms with Gasteiger partial charge in [-0.2, -0.15) is 0 Å². The number of aromatic amines is 1. The third-order valence-corrected chi connectivity index (χ3v) is 4.20. The fraction of sp³-hybridized carbons (Fsp3) is 0.438. The lowest BCUT2D eigenvalue weighted by atomic mass is 9.91. The van der Waals surface area contributed by atoms with Gasteiger partial charge in [0.25, 0.3) is 0 Å². The number of aliphatic hydroxyl groups is 1. The maximum Gasteiger partial charge on any atom is 0.321 e. The molecule has 2 heterocycles. The first kappa shape index (κ1) is 14.1. The number of aliphatic hydroxyl groups excluding tert-OH is 1. The van der Waals surface area contributed by atoms with Crippen molar-refractivity contribution in [2.45, 2.75) is 37.8 Å². The van der Waals surface area contributed by atoms with Gasteiger partial charge in [-0.15, -0.1) is 0 Å². The number of hydrogen-bond donors (Lipinski definition) is 4. The molecule has 0 fully saturated rings.